The van der Waals surface area contributed by atoms with E-state index in [-0.39, 0.29) is 19.1 Å². The zero-order valence-electron chi connectivity index (χ0n) is 10.4. The van der Waals surface area contributed by atoms with Gasteiger partial charge in [0, 0.05) is 22.4 Å². The summed E-state index contributed by atoms with van der Waals surface area (Å²) >= 11 is 1.64. The van der Waals surface area contributed by atoms with Crippen LogP contribution >= 0.6 is 11.3 Å². The van der Waals surface area contributed by atoms with Gasteiger partial charge in [0.15, 0.2) is 0 Å². The van der Waals surface area contributed by atoms with Crippen LogP contribution in [0.3, 0.4) is 0 Å². The third-order valence-electron chi connectivity index (χ3n) is 2.50. The van der Waals surface area contributed by atoms with Crippen molar-refractivity contribution in [3.63, 3.8) is 0 Å². The molecule has 0 fully saturated rings. The molecule has 0 saturated heterocycles. The minimum atomic E-state index is -0.191. The smallest absolute Gasteiger partial charge is 0.244 e. The summed E-state index contributed by atoms with van der Waals surface area (Å²) in [5.74, 6) is -0.191. The topological polar surface area (TPSA) is 49.3 Å². The van der Waals surface area contributed by atoms with Crippen molar-refractivity contribution in [3.05, 3.63) is 53.4 Å². The fraction of sp³-hybridized carbons (Fsp3) is 0.133. The number of aliphatic hydroxyl groups excluding tert-OH is 1. The van der Waals surface area contributed by atoms with E-state index in [0.29, 0.717) is 0 Å². The van der Waals surface area contributed by atoms with Crippen LogP contribution in [-0.4, -0.2) is 24.2 Å². The number of aliphatic hydroxyl groups is 1. The van der Waals surface area contributed by atoms with Crippen LogP contribution in [0.2, 0.25) is 0 Å². The Balaban J connectivity index is 2.02. The maximum atomic E-state index is 11.3. The first-order valence-electron chi connectivity index (χ1n) is 6.01. The maximum absolute atomic E-state index is 11.3. The summed E-state index contributed by atoms with van der Waals surface area (Å²) in [4.78, 5) is 13.6. The number of carbonyl (C=O) groups excluding carboxylic acids is 1. The average molecular weight is 273 g/mol. The van der Waals surface area contributed by atoms with E-state index in [1.165, 1.54) is 16.5 Å². The molecular weight excluding hydrogens is 258 g/mol. The highest BCUT2D eigenvalue weighted by molar-refractivity contribution is 7.16. The zero-order chi connectivity index (χ0) is 13.5. The molecule has 1 aromatic heterocycles. The first-order chi connectivity index (χ1) is 9.29. The summed E-state index contributed by atoms with van der Waals surface area (Å²) in [5.41, 5.74) is 1.18. The third kappa shape index (κ3) is 4.05. The van der Waals surface area contributed by atoms with Gasteiger partial charge in [-0.2, -0.15) is 0 Å². The molecule has 0 aliphatic heterocycles. The van der Waals surface area contributed by atoms with Gasteiger partial charge in [-0.15, -0.1) is 11.3 Å². The Morgan fingerprint density at radius 3 is 2.74 bits per heavy atom. The van der Waals surface area contributed by atoms with E-state index in [2.05, 4.69) is 17.4 Å². The van der Waals surface area contributed by atoms with E-state index < -0.39 is 0 Å². The van der Waals surface area contributed by atoms with Crippen molar-refractivity contribution >= 4 is 23.3 Å². The lowest BCUT2D eigenvalue weighted by Crippen LogP contribution is -2.24. The molecule has 2 N–H and O–H groups in total. The Labute approximate surface area is 116 Å². The third-order valence-corrected chi connectivity index (χ3v) is 3.59. The molecule has 4 heteroatoms. The summed E-state index contributed by atoms with van der Waals surface area (Å²) < 4.78 is 0. The van der Waals surface area contributed by atoms with Gasteiger partial charge in [-0.1, -0.05) is 30.3 Å². The van der Waals surface area contributed by atoms with Gasteiger partial charge >= 0.3 is 0 Å². The molecule has 0 unspecified atom stereocenters. The molecule has 0 spiro atoms. The van der Waals surface area contributed by atoms with Gasteiger partial charge in [0.2, 0.25) is 5.91 Å². The normalized spacial score (nSPS) is 10.8. The van der Waals surface area contributed by atoms with E-state index in [1.54, 1.807) is 17.4 Å². The molecule has 0 bridgehead atoms. The lowest BCUT2D eigenvalue weighted by Gasteiger charge is -1.96. The SMILES string of the molecule is O=C(/C=C/c1ccc(-c2ccccc2)s1)NCCO. The molecule has 0 saturated carbocycles. The largest absolute Gasteiger partial charge is 0.395 e. The molecule has 0 aliphatic carbocycles. The van der Waals surface area contributed by atoms with Crippen molar-refractivity contribution < 1.29 is 9.90 Å². The number of rotatable bonds is 5. The first kappa shape index (κ1) is 13.5. The van der Waals surface area contributed by atoms with Crippen molar-refractivity contribution in [1.82, 2.24) is 5.32 Å². The van der Waals surface area contributed by atoms with E-state index in [4.69, 9.17) is 5.11 Å². The quantitative estimate of drug-likeness (QED) is 0.822. The molecule has 0 atom stereocenters. The van der Waals surface area contributed by atoms with E-state index in [0.717, 1.165) is 4.88 Å². The molecule has 98 valence electrons. The number of nitrogens with one attached hydrogen (secondary N) is 1. The summed E-state index contributed by atoms with van der Waals surface area (Å²) in [6.07, 6.45) is 3.26. The van der Waals surface area contributed by atoms with Gasteiger partial charge in [0.25, 0.3) is 0 Å². The van der Waals surface area contributed by atoms with Crippen molar-refractivity contribution in [2.75, 3.05) is 13.2 Å². The molecule has 1 heterocycles. The van der Waals surface area contributed by atoms with Gasteiger partial charge in [-0.05, 0) is 23.8 Å². The predicted molar refractivity (Wildman–Crippen MR) is 78.9 cm³/mol. The van der Waals surface area contributed by atoms with Crippen LogP contribution in [0.1, 0.15) is 4.88 Å². The Bertz CT molecular complexity index is 561. The molecule has 1 aromatic carbocycles. The fourth-order valence-corrected chi connectivity index (χ4v) is 2.51. The lowest BCUT2D eigenvalue weighted by molar-refractivity contribution is -0.116. The number of thiophene rings is 1. The van der Waals surface area contributed by atoms with Gasteiger partial charge in [0.05, 0.1) is 6.61 Å². The minimum Gasteiger partial charge on any atom is -0.395 e. The predicted octanol–water partition coefficient (Wildman–Crippen LogP) is 2.54. The highest BCUT2D eigenvalue weighted by Gasteiger charge is 2.00. The van der Waals surface area contributed by atoms with Crippen molar-refractivity contribution in [2.24, 2.45) is 0 Å². The van der Waals surface area contributed by atoms with E-state index >= 15 is 0 Å². The second-order valence-electron chi connectivity index (χ2n) is 3.92. The van der Waals surface area contributed by atoms with Crippen LogP contribution < -0.4 is 5.32 Å². The first-order valence-corrected chi connectivity index (χ1v) is 6.83. The second-order valence-corrected chi connectivity index (χ2v) is 5.03. The fourth-order valence-electron chi connectivity index (χ4n) is 1.60. The summed E-state index contributed by atoms with van der Waals surface area (Å²) in [5, 5.41) is 11.2. The molecule has 3 nitrogen and oxygen atoms in total. The van der Waals surface area contributed by atoms with Gasteiger partial charge in [-0.3, -0.25) is 4.79 Å². The minimum absolute atomic E-state index is 0.0449. The molecule has 2 rings (SSSR count). The van der Waals surface area contributed by atoms with Crippen molar-refractivity contribution in [1.29, 1.82) is 0 Å². The van der Waals surface area contributed by atoms with Crippen molar-refractivity contribution in [2.45, 2.75) is 0 Å². The van der Waals surface area contributed by atoms with Gasteiger partial charge in [-0.25, -0.2) is 0 Å². The number of hydrogen-bond donors (Lipinski definition) is 2. The van der Waals surface area contributed by atoms with Crippen LogP contribution in [0.15, 0.2) is 48.5 Å². The highest BCUT2D eigenvalue weighted by atomic mass is 32.1. The summed E-state index contributed by atoms with van der Waals surface area (Å²) in [6, 6.07) is 14.2. The number of carbonyl (C=O) groups is 1. The van der Waals surface area contributed by atoms with E-state index in [1.807, 2.05) is 30.3 Å². The zero-order valence-corrected chi connectivity index (χ0v) is 11.2. The molecular formula is C15H15NO2S. The standard InChI is InChI=1S/C15H15NO2S/c17-11-10-16-15(18)9-7-13-6-8-14(19-13)12-4-2-1-3-5-12/h1-9,17H,10-11H2,(H,16,18)/b9-7+. The highest BCUT2D eigenvalue weighted by Crippen LogP contribution is 2.28. The summed E-state index contributed by atoms with van der Waals surface area (Å²) in [7, 11) is 0. The second kappa shape index (κ2) is 6.87. The molecule has 0 radical (unpaired) electrons. The average Bonchev–Trinajstić information content (AvgIpc) is 2.93. The number of hydrogen-bond acceptors (Lipinski definition) is 3. The number of benzene rings is 1. The van der Waals surface area contributed by atoms with Gasteiger partial charge < -0.3 is 10.4 Å². The molecule has 0 aliphatic rings. The Kier molecular flexibility index (Phi) is 4.89. The van der Waals surface area contributed by atoms with Gasteiger partial charge in [0.1, 0.15) is 0 Å². The Hall–Kier alpha value is -1.91. The van der Waals surface area contributed by atoms with Crippen LogP contribution in [0, 0.1) is 0 Å². The monoisotopic (exact) mass is 273 g/mol. The number of amides is 1. The van der Waals surface area contributed by atoms with E-state index in [9.17, 15) is 4.79 Å². The van der Waals surface area contributed by atoms with Crippen LogP contribution in [0.4, 0.5) is 0 Å². The van der Waals surface area contributed by atoms with Crippen molar-refractivity contribution in [3.8, 4) is 10.4 Å². The summed E-state index contributed by atoms with van der Waals surface area (Å²) in [6.45, 7) is 0.236. The maximum Gasteiger partial charge on any atom is 0.244 e. The Morgan fingerprint density at radius 1 is 1.21 bits per heavy atom. The van der Waals surface area contributed by atoms with Crippen LogP contribution in [0.5, 0.6) is 0 Å². The lowest BCUT2D eigenvalue weighted by atomic mass is 10.2. The molecule has 19 heavy (non-hydrogen) atoms. The molecule has 2 aromatic rings. The van der Waals surface area contributed by atoms with Crippen LogP contribution in [0.25, 0.3) is 16.5 Å². The Morgan fingerprint density at radius 2 is 2.00 bits per heavy atom. The van der Waals surface area contributed by atoms with Crippen LogP contribution in [-0.2, 0) is 4.79 Å². The molecule has 1 amide bonds.